The van der Waals surface area contributed by atoms with E-state index in [4.69, 9.17) is 0 Å². The molecule has 1 amide bonds. The number of carbonyl (C=O) groups is 1. The van der Waals surface area contributed by atoms with Gasteiger partial charge in [0.2, 0.25) is 5.91 Å². The molecule has 1 heterocycles. The molecule has 0 radical (unpaired) electrons. The van der Waals surface area contributed by atoms with Crippen molar-refractivity contribution < 1.29 is 4.79 Å². The molecule has 14 heavy (non-hydrogen) atoms. The van der Waals surface area contributed by atoms with Crippen LogP contribution in [-0.4, -0.2) is 25.0 Å². The molecule has 1 rings (SSSR count). The van der Waals surface area contributed by atoms with Gasteiger partial charge in [-0.3, -0.25) is 4.79 Å². The van der Waals surface area contributed by atoms with Gasteiger partial charge in [-0.25, -0.2) is 0 Å². The molecule has 1 unspecified atom stereocenters. The summed E-state index contributed by atoms with van der Waals surface area (Å²) >= 11 is 0. The maximum Gasteiger partial charge on any atom is 0.243 e. The van der Waals surface area contributed by atoms with E-state index >= 15 is 0 Å². The molecule has 3 nitrogen and oxygen atoms in total. The predicted octanol–water partition coefficient (Wildman–Crippen LogP) is 1.07. The van der Waals surface area contributed by atoms with Gasteiger partial charge in [0.25, 0.3) is 0 Å². The molecule has 0 spiro atoms. The van der Waals surface area contributed by atoms with Gasteiger partial charge in [-0.15, -0.1) is 0 Å². The molecule has 1 saturated heterocycles. The summed E-state index contributed by atoms with van der Waals surface area (Å²) < 4.78 is 0. The lowest BCUT2D eigenvalue weighted by atomic mass is 9.80. The lowest BCUT2D eigenvalue weighted by Crippen LogP contribution is -2.54. The van der Waals surface area contributed by atoms with Crippen LogP contribution < -0.4 is 10.6 Å². The van der Waals surface area contributed by atoms with Crippen LogP contribution in [0.3, 0.4) is 0 Å². The van der Waals surface area contributed by atoms with Crippen molar-refractivity contribution in [3.63, 3.8) is 0 Å². The highest BCUT2D eigenvalue weighted by Gasteiger charge is 2.32. The molecule has 1 atom stereocenters. The maximum absolute atomic E-state index is 11.4. The molecular weight excluding hydrogens is 176 g/mol. The number of piperidine rings is 1. The molecule has 0 aliphatic carbocycles. The number of allylic oxidation sites excluding steroid dienone is 1. The Morgan fingerprint density at radius 2 is 2.29 bits per heavy atom. The van der Waals surface area contributed by atoms with Crippen molar-refractivity contribution in [3.05, 3.63) is 12.2 Å². The van der Waals surface area contributed by atoms with Crippen LogP contribution in [0.2, 0.25) is 0 Å². The average Bonchev–Trinajstić information content (AvgIpc) is 2.09. The van der Waals surface area contributed by atoms with Gasteiger partial charge < -0.3 is 10.6 Å². The van der Waals surface area contributed by atoms with Crippen molar-refractivity contribution in [2.24, 2.45) is 5.41 Å². The fourth-order valence-corrected chi connectivity index (χ4v) is 1.81. The van der Waals surface area contributed by atoms with Crippen molar-refractivity contribution >= 4 is 5.91 Å². The number of amides is 1. The van der Waals surface area contributed by atoms with Crippen molar-refractivity contribution in [1.82, 2.24) is 10.6 Å². The fraction of sp³-hybridized carbons (Fsp3) is 0.727. The first-order chi connectivity index (χ1) is 6.56. The highest BCUT2D eigenvalue weighted by Crippen LogP contribution is 2.24. The summed E-state index contributed by atoms with van der Waals surface area (Å²) in [5.41, 5.74) is 0.148. The minimum Gasteiger partial charge on any atom is -0.349 e. The zero-order valence-corrected chi connectivity index (χ0v) is 9.26. The minimum atomic E-state index is 0.0208. The van der Waals surface area contributed by atoms with Gasteiger partial charge >= 0.3 is 0 Å². The van der Waals surface area contributed by atoms with Crippen LogP contribution >= 0.6 is 0 Å². The summed E-state index contributed by atoms with van der Waals surface area (Å²) in [5, 5.41) is 6.39. The first-order valence-electron chi connectivity index (χ1n) is 5.20. The standard InChI is InChI=1S/C11H20N2O/c1-4-5-10(14)13-9-6-7-12-8-11(9,2)3/h4-5,9,12H,6-8H2,1-3H3,(H,13,14)/b5-4+. The van der Waals surface area contributed by atoms with Gasteiger partial charge in [0.1, 0.15) is 0 Å². The van der Waals surface area contributed by atoms with E-state index in [-0.39, 0.29) is 17.4 Å². The summed E-state index contributed by atoms with van der Waals surface area (Å²) in [6.45, 7) is 8.17. The van der Waals surface area contributed by atoms with E-state index in [2.05, 4.69) is 24.5 Å². The molecule has 80 valence electrons. The van der Waals surface area contributed by atoms with E-state index in [9.17, 15) is 4.79 Å². The minimum absolute atomic E-state index is 0.0208. The van der Waals surface area contributed by atoms with Crippen molar-refractivity contribution in [1.29, 1.82) is 0 Å². The molecule has 0 aromatic carbocycles. The molecule has 2 N–H and O–H groups in total. The Bertz CT molecular complexity index is 233. The summed E-state index contributed by atoms with van der Waals surface area (Å²) in [7, 11) is 0. The number of hydrogen-bond acceptors (Lipinski definition) is 2. The Kier molecular flexibility index (Phi) is 3.69. The number of hydrogen-bond donors (Lipinski definition) is 2. The Balaban J connectivity index is 2.53. The molecular formula is C11H20N2O. The highest BCUT2D eigenvalue weighted by molar-refractivity contribution is 5.87. The van der Waals surface area contributed by atoms with E-state index in [0.29, 0.717) is 0 Å². The van der Waals surface area contributed by atoms with Crippen molar-refractivity contribution in [2.45, 2.75) is 33.2 Å². The molecule has 0 aromatic heterocycles. The smallest absolute Gasteiger partial charge is 0.243 e. The second-order valence-corrected chi connectivity index (χ2v) is 4.52. The zero-order chi connectivity index (χ0) is 10.6. The average molecular weight is 196 g/mol. The summed E-state index contributed by atoms with van der Waals surface area (Å²) in [6.07, 6.45) is 4.36. The van der Waals surface area contributed by atoms with Crippen molar-refractivity contribution in [3.8, 4) is 0 Å². The third-order valence-electron chi connectivity index (χ3n) is 2.77. The molecule has 1 aliphatic heterocycles. The topological polar surface area (TPSA) is 41.1 Å². The molecule has 0 aromatic rings. The van der Waals surface area contributed by atoms with Crippen LogP contribution in [0, 0.1) is 5.41 Å². The predicted molar refractivity (Wildman–Crippen MR) is 58.0 cm³/mol. The summed E-state index contributed by atoms with van der Waals surface area (Å²) in [4.78, 5) is 11.4. The molecule has 1 aliphatic rings. The van der Waals surface area contributed by atoms with Gasteiger partial charge in [-0.1, -0.05) is 19.9 Å². The second-order valence-electron chi connectivity index (χ2n) is 4.52. The number of carbonyl (C=O) groups excluding carboxylic acids is 1. The monoisotopic (exact) mass is 196 g/mol. The van der Waals surface area contributed by atoms with Gasteiger partial charge in [-0.2, -0.15) is 0 Å². The largest absolute Gasteiger partial charge is 0.349 e. The lowest BCUT2D eigenvalue weighted by Gasteiger charge is -2.39. The third kappa shape index (κ3) is 2.84. The fourth-order valence-electron chi connectivity index (χ4n) is 1.81. The van der Waals surface area contributed by atoms with Crippen LogP contribution in [-0.2, 0) is 4.79 Å². The van der Waals surface area contributed by atoms with Crippen LogP contribution in [0.15, 0.2) is 12.2 Å². The van der Waals surface area contributed by atoms with E-state index in [1.54, 1.807) is 12.2 Å². The van der Waals surface area contributed by atoms with Gasteiger partial charge in [0, 0.05) is 12.6 Å². The molecule has 0 saturated carbocycles. The van der Waals surface area contributed by atoms with Crippen molar-refractivity contribution in [2.75, 3.05) is 13.1 Å². The van der Waals surface area contributed by atoms with Gasteiger partial charge in [0.05, 0.1) is 0 Å². The highest BCUT2D eigenvalue weighted by atomic mass is 16.1. The Hall–Kier alpha value is -0.830. The Labute approximate surface area is 86.0 Å². The van der Waals surface area contributed by atoms with Crippen LogP contribution in [0.1, 0.15) is 27.2 Å². The van der Waals surface area contributed by atoms with Crippen LogP contribution in [0.4, 0.5) is 0 Å². The van der Waals surface area contributed by atoms with Gasteiger partial charge in [-0.05, 0) is 31.4 Å². The van der Waals surface area contributed by atoms with E-state index in [1.165, 1.54) is 0 Å². The zero-order valence-electron chi connectivity index (χ0n) is 9.26. The Morgan fingerprint density at radius 3 is 2.86 bits per heavy atom. The van der Waals surface area contributed by atoms with E-state index in [1.807, 2.05) is 6.92 Å². The van der Waals surface area contributed by atoms with E-state index < -0.39 is 0 Å². The third-order valence-corrected chi connectivity index (χ3v) is 2.77. The van der Waals surface area contributed by atoms with Crippen LogP contribution in [0.5, 0.6) is 0 Å². The first kappa shape index (κ1) is 11.2. The molecule has 0 bridgehead atoms. The second kappa shape index (κ2) is 4.60. The lowest BCUT2D eigenvalue weighted by molar-refractivity contribution is -0.118. The number of nitrogens with one attached hydrogen (secondary N) is 2. The first-order valence-corrected chi connectivity index (χ1v) is 5.20. The Morgan fingerprint density at radius 1 is 1.57 bits per heavy atom. The normalized spacial score (nSPS) is 26.4. The van der Waals surface area contributed by atoms with Crippen LogP contribution in [0.25, 0.3) is 0 Å². The maximum atomic E-state index is 11.4. The number of rotatable bonds is 2. The van der Waals surface area contributed by atoms with E-state index in [0.717, 1.165) is 19.5 Å². The molecule has 3 heteroatoms. The summed E-state index contributed by atoms with van der Waals surface area (Å²) in [5.74, 6) is 0.0208. The van der Waals surface area contributed by atoms with Gasteiger partial charge in [0.15, 0.2) is 0 Å². The molecule has 1 fully saturated rings. The SMILES string of the molecule is C/C=C/C(=O)NC1CCNCC1(C)C. The quantitative estimate of drug-likeness (QED) is 0.649. The summed E-state index contributed by atoms with van der Waals surface area (Å²) in [6, 6.07) is 0.285.